The number of carbonyl (C=O) groups excluding carboxylic acids is 1. The fourth-order valence-corrected chi connectivity index (χ4v) is 1.45. The van der Waals surface area contributed by atoms with Crippen molar-refractivity contribution in [3.05, 3.63) is 59.7 Å². The van der Waals surface area contributed by atoms with E-state index in [4.69, 9.17) is 5.26 Å². The van der Waals surface area contributed by atoms with Crippen LogP contribution in [0.1, 0.15) is 21.5 Å². The van der Waals surface area contributed by atoms with Gasteiger partial charge in [0.1, 0.15) is 6.33 Å². The van der Waals surface area contributed by atoms with Crippen LogP contribution in [0.4, 0.5) is 0 Å². The Morgan fingerprint density at radius 3 is 2.83 bits per heavy atom. The molecule has 0 aliphatic heterocycles. The molecule has 1 heterocycles. The van der Waals surface area contributed by atoms with Crippen LogP contribution < -0.4 is 5.32 Å². The number of nitriles is 1. The Labute approximate surface area is 104 Å². The molecule has 88 valence electrons. The highest BCUT2D eigenvalue weighted by atomic mass is 16.1. The van der Waals surface area contributed by atoms with Gasteiger partial charge in [0, 0.05) is 18.9 Å². The van der Waals surface area contributed by atoms with E-state index >= 15 is 0 Å². The van der Waals surface area contributed by atoms with Gasteiger partial charge in [-0.15, -0.1) is 0 Å². The molecule has 0 spiro atoms. The first-order valence-corrected chi connectivity index (χ1v) is 5.32. The lowest BCUT2D eigenvalue weighted by Gasteiger charge is -2.04. The number of hydrogen-bond acceptors (Lipinski definition) is 4. The van der Waals surface area contributed by atoms with Gasteiger partial charge in [0.15, 0.2) is 0 Å². The van der Waals surface area contributed by atoms with Crippen molar-refractivity contribution in [1.82, 2.24) is 15.3 Å². The molecule has 2 aromatic rings. The maximum Gasteiger partial charge on any atom is 0.254 e. The first-order valence-electron chi connectivity index (χ1n) is 5.32. The normalized spacial score (nSPS) is 9.50. The summed E-state index contributed by atoms with van der Waals surface area (Å²) in [7, 11) is 0. The van der Waals surface area contributed by atoms with Crippen molar-refractivity contribution in [2.24, 2.45) is 0 Å². The molecule has 1 aromatic carbocycles. The highest BCUT2D eigenvalue weighted by Crippen LogP contribution is 2.04. The maximum absolute atomic E-state index is 11.7. The second-order valence-corrected chi connectivity index (χ2v) is 3.62. The molecule has 0 saturated heterocycles. The van der Waals surface area contributed by atoms with Gasteiger partial charge in [-0.05, 0) is 17.7 Å². The van der Waals surface area contributed by atoms with Crippen LogP contribution in [0.5, 0.6) is 0 Å². The van der Waals surface area contributed by atoms with Crippen LogP contribution >= 0.6 is 0 Å². The van der Waals surface area contributed by atoms with Gasteiger partial charge in [-0.25, -0.2) is 9.97 Å². The van der Waals surface area contributed by atoms with Gasteiger partial charge in [-0.1, -0.05) is 12.1 Å². The van der Waals surface area contributed by atoms with Crippen molar-refractivity contribution in [2.75, 3.05) is 0 Å². The van der Waals surface area contributed by atoms with Crippen molar-refractivity contribution in [2.45, 2.75) is 6.54 Å². The minimum atomic E-state index is -0.238. The van der Waals surface area contributed by atoms with E-state index in [1.165, 1.54) is 18.7 Å². The molecule has 5 nitrogen and oxygen atoms in total. The molecule has 1 amide bonds. The zero-order valence-corrected chi connectivity index (χ0v) is 9.50. The van der Waals surface area contributed by atoms with Crippen LogP contribution in [0.2, 0.25) is 0 Å². The first kappa shape index (κ1) is 11.7. The van der Waals surface area contributed by atoms with Crippen molar-refractivity contribution in [3.8, 4) is 6.07 Å². The van der Waals surface area contributed by atoms with Gasteiger partial charge in [0.25, 0.3) is 5.91 Å². The van der Waals surface area contributed by atoms with E-state index in [1.807, 2.05) is 6.07 Å². The molecule has 0 saturated carbocycles. The lowest BCUT2D eigenvalue weighted by molar-refractivity contribution is 0.0950. The summed E-state index contributed by atoms with van der Waals surface area (Å²) in [5.74, 6) is -0.238. The average Bonchev–Trinajstić information content (AvgIpc) is 2.46. The number of benzene rings is 1. The number of hydrogen-bond donors (Lipinski definition) is 1. The quantitative estimate of drug-likeness (QED) is 0.873. The molecular weight excluding hydrogens is 228 g/mol. The number of amides is 1. The lowest BCUT2D eigenvalue weighted by atomic mass is 10.1. The van der Waals surface area contributed by atoms with Crippen LogP contribution in [0.3, 0.4) is 0 Å². The molecule has 0 aliphatic rings. The van der Waals surface area contributed by atoms with Gasteiger partial charge in [0.05, 0.1) is 17.2 Å². The maximum atomic E-state index is 11.7. The SMILES string of the molecule is N#Cc1cccc(CNC(=O)c2cncnc2)c1. The van der Waals surface area contributed by atoms with Crippen molar-refractivity contribution < 1.29 is 4.79 Å². The van der Waals surface area contributed by atoms with Crippen molar-refractivity contribution in [1.29, 1.82) is 5.26 Å². The predicted octanol–water partition coefficient (Wildman–Crippen LogP) is 1.28. The highest BCUT2D eigenvalue weighted by Gasteiger charge is 2.05. The minimum Gasteiger partial charge on any atom is -0.348 e. The Hall–Kier alpha value is -2.74. The lowest BCUT2D eigenvalue weighted by Crippen LogP contribution is -2.23. The summed E-state index contributed by atoms with van der Waals surface area (Å²) < 4.78 is 0. The summed E-state index contributed by atoms with van der Waals surface area (Å²) in [6.45, 7) is 0.364. The summed E-state index contributed by atoms with van der Waals surface area (Å²) in [5.41, 5.74) is 1.86. The fourth-order valence-electron chi connectivity index (χ4n) is 1.45. The number of nitrogens with zero attached hydrogens (tertiary/aromatic N) is 3. The number of carbonyl (C=O) groups is 1. The van der Waals surface area contributed by atoms with E-state index in [2.05, 4.69) is 21.4 Å². The summed E-state index contributed by atoms with van der Waals surface area (Å²) in [4.78, 5) is 19.3. The molecule has 5 heteroatoms. The van der Waals surface area contributed by atoms with Crippen LogP contribution in [0.15, 0.2) is 43.0 Å². The molecule has 0 unspecified atom stereocenters. The molecule has 0 radical (unpaired) electrons. The van der Waals surface area contributed by atoms with E-state index in [-0.39, 0.29) is 5.91 Å². The molecule has 0 aliphatic carbocycles. The third-order valence-electron chi connectivity index (χ3n) is 2.33. The number of aromatic nitrogens is 2. The van der Waals surface area contributed by atoms with E-state index in [0.29, 0.717) is 17.7 Å². The minimum absolute atomic E-state index is 0.238. The fraction of sp³-hybridized carbons (Fsp3) is 0.0769. The van der Waals surface area contributed by atoms with Gasteiger partial charge in [-0.3, -0.25) is 4.79 Å². The third-order valence-corrected chi connectivity index (χ3v) is 2.33. The first-order chi connectivity index (χ1) is 8.79. The topological polar surface area (TPSA) is 78.7 Å². The highest BCUT2D eigenvalue weighted by molar-refractivity contribution is 5.93. The molecule has 1 N–H and O–H groups in total. The van der Waals surface area contributed by atoms with Crippen molar-refractivity contribution >= 4 is 5.91 Å². The van der Waals surface area contributed by atoms with Crippen LogP contribution in [0.25, 0.3) is 0 Å². The summed E-state index contributed by atoms with van der Waals surface area (Å²) in [6, 6.07) is 9.14. The Bertz CT molecular complexity index is 589. The monoisotopic (exact) mass is 238 g/mol. The Balaban J connectivity index is 2.00. The van der Waals surface area contributed by atoms with Gasteiger partial charge in [-0.2, -0.15) is 5.26 Å². The smallest absolute Gasteiger partial charge is 0.254 e. The zero-order chi connectivity index (χ0) is 12.8. The Kier molecular flexibility index (Phi) is 3.62. The second-order valence-electron chi connectivity index (χ2n) is 3.62. The van der Waals surface area contributed by atoms with Crippen molar-refractivity contribution in [3.63, 3.8) is 0 Å². The van der Waals surface area contributed by atoms with Gasteiger partial charge >= 0.3 is 0 Å². The summed E-state index contributed by atoms with van der Waals surface area (Å²) >= 11 is 0. The van der Waals surface area contributed by atoms with Gasteiger partial charge in [0.2, 0.25) is 0 Å². The van der Waals surface area contributed by atoms with E-state index in [0.717, 1.165) is 5.56 Å². The molecule has 2 rings (SSSR count). The third kappa shape index (κ3) is 2.89. The molecule has 0 fully saturated rings. The van der Waals surface area contributed by atoms with Crippen LogP contribution in [0, 0.1) is 11.3 Å². The summed E-state index contributed by atoms with van der Waals surface area (Å²) in [6.07, 6.45) is 4.27. The molecule has 1 aromatic heterocycles. The number of rotatable bonds is 3. The Morgan fingerprint density at radius 2 is 2.11 bits per heavy atom. The van der Waals surface area contributed by atoms with E-state index < -0.39 is 0 Å². The Morgan fingerprint density at radius 1 is 1.33 bits per heavy atom. The van der Waals surface area contributed by atoms with Gasteiger partial charge < -0.3 is 5.32 Å². The van der Waals surface area contributed by atoms with Crippen LogP contribution in [-0.4, -0.2) is 15.9 Å². The van der Waals surface area contributed by atoms with E-state index in [1.54, 1.807) is 18.2 Å². The summed E-state index contributed by atoms with van der Waals surface area (Å²) in [5, 5.41) is 11.5. The molecular formula is C13H10N4O. The predicted molar refractivity (Wildman–Crippen MR) is 64.4 cm³/mol. The largest absolute Gasteiger partial charge is 0.348 e. The second kappa shape index (κ2) is 5.55. The number of nitrogens with one attached hydrogen (secondary N) is 1. The zero-order valence-electron chi connectivity index (χ0n) is 9.50. The average molecular weight is 238 g/mol. The molecule has 18 heavy (non-hydrogen) atoms. The van der Waals surface area contributed by atoms with E-state index in [9.17, 15) is 4.79 Å². The molecule has 0 atom stereocenters. The van der Waals surface area contributed by atoms with Crippen LogP contribution in [-0.2, 0) is 6.54 Å². The molecule has 0 bridgehead atoms. The standard InChI is InChI=1S/C13H10N4O/c14-5-10-2-1-3-11(4-10)6-17-13(18)12-7-15-9-16-8-12/h1-4,7-9H,6H2,(H,17,18).